The second-order valence-corrected chi connectivity index (χ2v) is 4.61. The SMILES string of the molecule is COc1c(Cl)cc(CCCBr)c(OC)c1OC. The zero-order chi connectivity index (χ0) is 12.8. The smallest absolute Gasteiger partial charge is 0.205 e. The highest BCUT2D eigenvalue weighted by atomic mass is 79.9. The molecule has 1 aromatic carbocycles. The van der Waals surface area contributed by atoms with E-state index in [1.165, 1.54) is 0 Å². The van der Waals surface area contributed by atoms with E-state index >= 15 is 0 Å². The third-order valence-electron chi connectivity index (χ3n) is 2.41. The lowest BCUT2D eigenvalue weighted by Gasteiger charge is -2.16. The van der Waals surface area contributed by atoms with Crippen molar-refractivity contribution in [2.24, 2.45) is 0 Å². The largest absolute Gasteiger partial charge is 0.492 e. The molecular formula is C12H16BrClO3. The van der Waals surface area contributed by atoms with Gasteiger partial charge >= 0.3 is 0 Å². The number of ether oxygens (including phenoxy) is 3. The zero-order valence-corrected chi connectivity index (χ0v) is 12.5. The van der Waals surface area contributed by atoms with E-state index in [0.717, 1.165) is 23.7 Å². The third-order valence-corrected chi connectivity index (χ3v) is 3.26. The number of rotatable bonds is 6. The summed E-state index contributed by atoms with van der Waals surface area (Å²) in [5.74, 6) is 1.75. The monoisotopic (exact) mass is 322 g/mol. The Balaban J connectivity index is 3.26. The lowest BCUT2D eigenvalue weighted by Crippen LogP contribution is -2.00. The van der Waals surface area contributed by atoms with Crippen LogP contribution in [0.3, 0.4) is 0 Å². The van der Waals surface area contributed by atoms with Gasteiger partial charge in [-0.05, 0) is 24.5 Å². The van der Waals surface area contributed by atoms with Crippen molar-refractivity contribution in [3.05, 3.63) is 16.7 Å². The molecule has 0 aliphatic rings. The van der Waals surface area contributed by atoms with Crippen LogP contribution < -0.4 is 14.2 Å². The molecule has 1 aromatic rings. The van der Waals surface area contributed by atoms with Crippen molar-refractivity contribution in [2.45, 2.75) is 12.8 Å². The molecule has 96 valence electrons. The van der Waals surface area contributed by atoms with Crippen LogP contribution in [0.1, 0.15) is 12.0 Å². The van der Waals surface area contributed by atoms with Gasteiger partial charge in [-0.25, -0.2) is 0 Å². The fourth-order valence-electron chi connectivity index (χ4n) is 1.68. The van der Waals surface area contributed by atoms with Crippen molar-refractivity contribution in [2.75, 3.05) is 26.7 Å². The maximum atomic E-state index is 6.15. The fraction of sp³-hybridized carbons (Fsp3) is 0.500. The van der Waals surface area contributed by atoms with Crippen molar-refractivity contribution in [3.8, 4) is 17.2 Å². The second kappa shape index (κ2) is 6.97. The van der Waals surface area contributed by atoms with Crippen LogP contribution in [0.25, 0.3) is 0 Å². The molecule has 17 heavy (non-hydrogen) atoms. The normalized spacial score (nSPS) is 10.2. The van der Waals surface area contributed by atoms with Crippen LogP contribution in [0.4, 0.5) is 0 Å². The molecule has 0 radical (unpaired) electrons. The standard InChI is InChI=1S/C12H16BrClO3/c1-15-10-8(5-4-6-13)7-9(14)11(16-2)12(10)17-3/h7H,4-6H2,1-3H3. The van der Waals surface area contributed by atoms with Crippen molar-refractivity contribution in [1.29, 1.82) is 0 Å². The summed E-state index contributed by atoms with van der Waals surface area (Å²) in [6.45, 7) is 0. The number of aryl methyl sites for hydroxylation is 1. The molecule has 3 nitrogen and oxygen atoms in total. The highest BCUT2D eigenvalue weighted by molar-refractivity contribution is 9.09. The molecule has 0 amide bonds. The van der Waals surface area contributed by atoms with Crippen LogP contribution in [-0.2, 0) is 6.42 Å². The van der Waals surface area contributed by atoms with Crippen molar-refractivity contribution in [3.63, 3.8) is 0 Å². The molecule has 0 saturated heterocycles. The molecule has 0 N–H and O–H groups in total. The summed E-state index contributed by atoms with van der Waals surface area (Å²) in [6.07, 6.45) is 1.87. The Hall–Kier alpha value is -0.610. The molecule has 0 heterocycles. The minimum atomic E-state index is 0.508. The van der Waals surface area contributed by atoms with Crippen LogP contribution in [0.15, 0.2) is 6.07 Å². The molecule has 0 unspecified atom stereocenters. The highest BCUT2D eigenvalue weighted by Crippen LogP contribution is 2.45. The van der Waals surface area contributed by atoms with E-state index < -0.39 is 0 Å². The molecule has 0 aromatic heterocycles. The molecule has 0 saturated carbocycles. The fourth-order valence-corrected chi connectivity index (χ4v) is 2.26. The number of methoxy groups -OCH3 is 3. The van der Waals surface area contributed by atoms with Gasteiger partial charge in [0.15, 0.2) is 11.5 Å². The van der Waals surface area contributed by atoms with Gasteiger partial charge in [0.1, 0.15) is 0 Å². The number of hydrogen-bond donors (Lipinski definition) is 0. The van der Waals surface area contributed by atoms with E-state index in [0.29, 0.717) is 22.3 Å². The first-order valence-corrected chi connectivity index (χ1v) is 6.72. The topological polar surface area (TPSA) is 27.7 Å². The van der Waals surface area contributed by atoms with E-state index in [1.807, 2.05) is 6.07 Å². The maximum absolute atomic E-state index is 6.15. The number of halogens is 2. The Morgan fingerprint density at radius 3 is 2.12 bits per heavy atom. The summed E-state index contributed by atoms with van der Waals surface area (Å²) in [6, 6.07) is 1.87. The van der Waals surface area contributed by atoms with Gasteiger partial charge in [-0.1, -0.05) is 27.5 Å². The lowest BCUT2D eigenvalue weighted by molar-refractivity contribution is 0.322. The van der Waals surface area contributed by atoms with Crippen LogP contribution in [0, 0.1) is 0 Å². The van der Waals surface area contributed by atoms with Crippen molar-refractivity contribution >= 4 is 27.5 Å². The first kappa shape index (κ1) is 14.5. The van der Waals surface area contributed by atoms with E-state index in [2.05, 4.69) is 15.9 Å². The summed E-state index contributed by atoms with van der Waals surface area (Å²) < 4.78 is 15.9. The Bertz CT molecular complexity index is 383. The maximum Gasteiger partial charge on any atom is 0.205 e. The number of benzene rings is 1. The van der Waals surface area contributed by atoms with Gasteiger partial charge in [0.2, 0.25) is 5.75 Å². The Labute approximate surface area is 115 Å². The summed E-state index contributed by atoms with van der Waals surface area (Å²) in [5.41, 5.74) is 1.02. The second-order valence-electron chi connectivity index (χ2n) is 3.41. The summed E-state index contributed by atoms with van der Waals surface area (Å²) in [4.78, 5) is 0. The minimum Gasteiger partial charge on any atom is -0.492 e. The summed E-state index contributed by atoms with van der Waals surface area (Å²) >= 11 is 9.55. The summed E-state index contributed by atoms with van der Waals surface area (Å²) in [7, 11) is 4.75. The highest BCUT2D eigenvalue weighted by Gasteiger charge is 2.19. The summed E-state index contributed by atoms with van der Waals surface area (Å²) in [5, 5.41) is 1.47. The quantitative estimate of drug-likeness (QED) is 0.747. The van der Waals surface area contributed by atoms with E-state index in [9.17, 15) is 0 Å². The van der Waals surface area contributed by atoms with Crippen LogP contribution >= 0.6 is 27.5 Å². The number of alkyl halides is 1. The predicted molar refractivity (Wildman–Crippen MR) is 73.2 cm³/mol. The van der Waals surface area contributed by atoms with Gasteiger partial charge in [0.25, 0.3) is 0 Å². The molecule has 0 bridgehead atoms. The van der Waals surface area contributed by atoms with Gasteiger partial charge in [-0.2, -0.15) is 0 Å². The third kappa shape index (κ3) is 3.19. The van der Waals surface area contributed by atoms with Gasteiger partial charge in [0.05, 0.1) is 26.4 Å². The Morgan fingerprint density at radius 1 is 1.06 bits per heavy atom. The van der Waals surface area contributed by atoms with Crippen LogP contribution in [0.5, 0.6) is 17.2 Å². The first-order valence-electron chi connectivity index (χ1n) is 5.22. The molecule has 0 atom stereocenters. The molecule has 0 fully saturated rings. The van der Waals surface area contributed by atoms with E-state index in [1.54, 1.807) is 21.3 Å². The Morgan fingerprint density at radius 2 is 1.65 bits per heavy atom. The number of hydrogen-bond acceptors (Lipinski definition) is 3. The molecular weight excluding hydrogens is 307 g/mol. The molecule has 0 aliphatic heterocycles. The van der Waals surface area contributed by atoms with Crippen LogP contribution in [-0.4, -0.2) is 26.7 Å². The van der Waals surface area contributed by atoms with Gasteiger partial charge in [-0.3, -0.25) is 0 Å². The minimum absolute atomic E-state index is 0.508. The molecule has 5 heteroatoms. The van der Waals surface area contributed by atoms with Gasteiger partial charge in [0, 0.05) is 5.33 Å². The van der Waals surface area contributed by atoms with Crippen molar-refractivity contribution in [1.82, 2.24) is 0 Å². The van der Waals surface area contributed by atoms with Gasteiger partial charge in [-0.15, -0.1) is 0 Å². The Kier molecular flexibility index (Phi) is 5.92. The molecule has 0 aliphatic carbocycles. The van der Waals surface area contributed by atoms with Crippen LogP contribution in [0.2, 0.25) is 5.02 Å². The van der Waals surface area contributed by atoms with Gasteiger partial charge < -0.3 is 14.2 Å². The van der Waals surface area contributed by atoms with E-state index in [4.69, 9.17) is 25.8 Å². The molecule has 1 rings (SSSR count). The zero-order valence-electron chi connectivity index (χ0n) is 10.2. The predicted octanol–water partition coefficient (Wildman–Crippen LogP) is 3.69. The molecule has 0 spiro atoms. The average molecular weight is 324 g/mol. The van der Waals surface area contributed by atoms with Crippen molar-refractivity contribution < 1.29 is 14.2 Å². The average Bonchev–Trinajstić information content (AvgIpc) is 2.35. The first-order chi connectivity index (χ1) is 8.19. The lowest BCUT2D eigenvalue weighted by atomic mass is 10.1. The van der Waals surface area contributed by atoms with E-state index in [-0.39, 0.29) is 0 Å².